The summed E-state index contributed by atoms with van der Waals surface area (Å²) in [5.74, 6) is 1.72. The van der Waals surface area contributed by atoms with Gasteiger partial charge in [0.1, 0.15) is 5.75 Å². The lowest BCUT2D eigenvalue weighted by atomic mass is 9.49. The first-order valence-corrected chi connectivity index (χ1v) is 12.4. The quantitative estimate of drug-likeness (QED) is 0.798. The SMILES string of the molecule is COc1ccc2c(c1)[C@]13CCN(CC4CC4)[C@H](C2)[C@]1(O)Cc1c(C)nn(C(C)(C)C)c1C3. The van der Waals surface area contributed by atoms with Crippen LogP contribution in [-0.4, -0.2) is 51.6 Å². The van der Waals surface area contributed by atoms with Gasteiger partial charge in [-0.25, -0.2) is 0 Å². The molecule has 5 heteroatoms. The zero-order valence-electron chi connectivity index (χ0n) is 20.2. The highest BCUT2D eigenvalue weighted by atomic mass is 16.5. The van der Waals surface area contributed by atoms with Gasteiger partial charge in [0.25, 0.3) is 0 Å². The number of ether oxygens (including phenoxy) is 1. The van der Waals surface area contributed by atoms with Crippen molar-refractivity contribution in [3.63, 3.8) is 0 Å². The van der Waals surface area contributed by atoms with Gasteiger partial charge in [0.15, 0.2) is 0 Å². The Morgan fingerprint density at radius 1 is 1.22 bits per heavy atom. The number of fused-ring (bicyclic) bond motifs is 2. The van der Waals surface area contributed by atoms with Crippen LogP contribution >= 0.6 is 0 Å². The summed E-state index contributed by atoms with van der Waals surface area (Å²) in [6.45, 7) is 11.0. The van der Waals surface area contributed by atoms with Crippen molar-refractivity contribution in [3.8, 4) is 5.75 Å². The van der Waals surface area contributed by atoms with Crippen LogP contribution in [0.1, 0.15) is 68.1 Å². The Hall–Kier alpha value is -1.85. The predicted octanol–water partition coefficient (Wildman–Crippen LogP) is 3.76. The van der Waals surface area contributed by atoms with Crippen LogP contribution in [0.5, 0.6) is 5.75 Å². The second-order valence-corrected chi connectivity index (χ2v) is 11.9. The third kappa shape index (κ3) is 2.73. The molecule has 2 bridgehead atoms. The van der Waals surface area contributed by atoms with Crippen molar-refractivity contribution >= 4 is 0 Å². The summed E-state index contributed by atoms with van der Waals surface area (Å²) in [5, 5.41) is 17.7. The number of hydrogen-bond acceptors (Lipinski definition) is 4. The van der Waals surface area contributed by atoms with Crippen molar-refractivity contribution in [2.45, 2.75) is 88.8 Å². The fourth-order valence-corrected chi connectivity index (χ4v) is 7.11. The Kier molecular flexibility index (Phi) is 4.28. The largest absolute Gasteiger partial charge is 0.497 e. The minimum absolute atomic E-state index is 0.0810. The van der Waals surface area contributed by atoms with E-state index in [9.17, 15) is 5.11 Å². The summed E-state index contributed by atoms with van der Waals surface area (Å²) < 4.78 is 7.89. The molecule has 32 heavy (non-hydrogen) atoms. The van der Waals surface area contributed by atoms with Gasteiger partial charge < -0.3 is 9.84 Å². The van der Waals surface area contributed by atoms with Gasteiger partial charge in [-0.1, -0.05) is 6.07 Å². The average molecular weight is 436 g/mol. The monoisotopic (exact) mass is 435 g/mol. The van der Waals surface area contributed by atoms with E-state index in [-0.39, 0.29) is 17.0 Å². The van der Waals surface area contributed by atoms with Crippen molar-refractivity contribution < 1.29 is 9.84 Å². The summed E-state index contributed by atoms with van der Waals surface area (Å²) in [7, 11) is 1.74. The minimum atomic E-state index is -0.775. The number of rotatable bonds is 3. The Labute approximate surface area is 191 Å². The molecule has 3 aliphatic carbocycles. The van der Waals surface area contributed by atoms with Crippen LogP contribution in [0, 0.1) is 12.8 Å². The van der Waals surface area contributed by atoms with Crippen molar-refractivity contribution in [3.05, 3.63) is 46.3 Å². The van der Waals surface area contributed by atoms with E-state index in [0.29, 0.717) is 6.42 Å². The van der Waals surface area contributed by atoms with Crippen LogP contribution in [0.25, 0.3) is 0 Å². The first kappa shape index (κ1) is 20.7. The second kappa shape index (κ2) is 6.60. The smallest absolute Gasteiger partial charge is 0.119 e. The standard InChI is InChI=1S/C27H37N3O2/c1-17-21-14-27(31)24-12-19-8-9-20(32-5)13-22(19)26(27,10-11-29(24)16-18-6-7-18)15-23(21)30(28-17)25(2,3)4/h8-9,13,18,24,31H,6-7,10-12,14-16H2,1-5H3/t24-,26-,27-/m1/s1. The van der Waals surface area contributed by atoms with Crippen LogP contribution < -0.4 is 4.74 Å². The van der Waals surface area contributed by atoms with E-state index in [1.807, 2.05) is 0 Å². The molecule has 0 unspecified atom stereocenters. The van der Waals surface area contributed by atoms with Crippen molar-refractivity contribution in [2.24, 2.45) is 5.92 Å². The molecule has 4 aliphatic rings. The minimum Gasteiger partial charge on any atom is -0.497 e. The van der Waals surface area contributed by atoms with Gasteiger partial charge in [-0.2, -0.15) is 5.10 Å². The molecule has 1 aromatic carbocycles. The Balaban J connectivity index is 1.56. The molecule has 0 amide bonds. The Bertz CT molecular complexity index is 1080. The summed E-state index contributed by atoms with van der Waals surface area (Å²) in [5.41, 5.74) is 5.25. The number of nitrogens with zero attached hydrogens (tertiary/aromatic N) is 3. The third-order valence-corrected chi connectivity index (χ3v) is 8.92. The molecular weight excluding hydrogens is 398 g/mol. The van der Waals surface area contributed by atoms with Crippen LogP contribution in [0.4, 0.5) is 0 Å². The van der Waals surface area contributed by atoms with Gasteiger partial charge >= 0.3 is 0 Å². The first-order valence-electron chi connectivity index (χ1n) is 12.4. The Morgan fingerprint density at radius 3 is 2.69 bits per heavy atom. The summed E-state index contributed by atoms with van der Waals surface area (Å²) in [6, 6.07) is 6.75. The highest BCUT2D eigenvalue weighted by Gasteiger charge is 2.65. The average Bonchev–Trinajstić information content (AvgIpc) is 3.50. The topological polar surface area (TPSA) is 50.5 Å². The molecule has 0 radical (unpaired) electrons. The lowest BCUT2D eigenvalue weighted by molar-refractivity contribution is -0.152. The van der Waals surface area contributed by atoms with E-state index in [1.165, 1.54) is 35.2 Å². The van der Waals surface area contributed by atoms with E-state index < -0.39 is 5.60 Å². The highest BCUT2D eigenvalue weighted by molar-refractivity contribution is 5.52. The van der Waals surface area contributed by atoms with E-state index in [4.69, 9.17) is 9.84 Å². The maximum absolute atomic E-state index is 12.7. The molecule has 5 nitrogen and oxygen atoms in total. The molecule has 1 aliphatic heterocycles. The van der Waals surface area contributed by atoms with Gasteiger partial charge in [-0.15, -0.1) is 0 Å². The molecule has 3 atom stereocenters. The third-order valence-electron chi connectivity index (χ3n) is 8.92. The van der Waals surface area contributed by atoms with Crippen molar-refractivity contribution in [2.75, 3.05) is 20.2 Å². The number of aromatic nitrogens is 2. The number of aliphatic hydroxyl groups is 1. The lowest BCUT2D eigenvalue weighted by Crippen LogP contribution is -2.74. The normalized spacial score (nSPS) is 31.6. The van der Waals surface area contributed by atoms with E-state index in [0.717, 1.165) is 49.7 Å². The molecule has 2 heterocycles. The van der Waals surface area contributed by atoms with Crippen molar-refractivity contribution in [1.82, 2.24) is 14.7 Å². The summed E-state index contributed by atoms with van der Waals surface area (Å²) >= 11 is 0. The molecule has 6 rings (SSSR count). The molecule has 172 valence electrons. The zero-order valence-corrected chi connectivity index (χ0v) is 20.2. The number of benzene rings is 1. The van der Waals surface area contributed by atoms with Gasteiger partial charge in [0.2, 0.25) is 0 Å². The van der Waals surface area contributed by atoms with Crippen LogP contribution in [0.15, 0.2) is 18.2 Å². The van der Waals surface area contributed by atoms with E-state index in [1.54, 1.807) is 7.11 Å². The molecule has 1 saturated heterocycles. The number of methoxy groups -OCH3 is 1. The highest BCUT2D eigenvalue weighted by Crippen LogP contribution is 2.58. The molecule has 2 aromatic rings. The molecule has 2 fully saturated rings. The summed E-state index contributed by atoms with van der Waals surface area (Å²) in [4.78, 5) is 2.64. The van der Waals surface area contributed by atoms with Gasteiger partial charge in [0, 0.05) is 36.5 Å². The van der Waals surface area contributed by atoms with E-state index in [2.05, 4.69) is 55.5 Å². The van der Waals surface area contributed by atoms with Crippen LogP contribution in [-0.2, 0) is 30.2 Å². The van der Waals surface area contributed by atoms with Crippen LogP contribution in [0.2, 0.25) is 0 Å². The van der Waals surface area contributed by atoms with Crippen LogP contribution in [0.3, 0.4) is 0 Å². The van der Waals surface area contributed by atoms with Gasteiger partial charge in [0.05, 0.1) is 23.9 Å². The van der Waals surface area contributed by atoms with Crippen molar-refractivity contribution in [1.29, 1.82) is 0 Å². The summed E-state index contributed by atoms with van der Waals surface area (Å²) in [6.07, 6.45) is 6.16. The molecular formula is C27H37N3O2. The fraction of sp³-hybridized carbons (Fsp3) is 0.667. The molecule has 1 saturated carbocycles. The maximum atomic E-state index is 12.7. The molecule has 1 N–H and O–H groups in total. The molecule has 0 spiro atoms. The maximum Gasteiger partial charge on any atom is 0.119 e. The number of piperidine rings is 1. The molecule has 1 aromatic heterocycles. The number of aryl methyl sites for hydroxylation is 1. The number of hydrogen-bond donors (Lipinski definition) is 1. The van der Waals surface area contributed by atoms with E-state index >= 15 is 0 Å². The fourth-order valence-electron chi connectivity index (χ4n) is 7.11. The van der Waals surface area contributed by atoms with Gasteiger partial charge in [-0.05, 0) is 94.7 Å². The van der Waals surface area contributed by atoms with Gasteiger partial charge in [-0.3, -0.25) is 9.58 Å². The zero-order chi connectivity index (χ0) is 22.5. The Morgan fingerprint density at radius 2 is 2.00 bits per heavy atom. The predicted molar refractivity (Wildman–Crippen MR) is 125 cm³/mol. The number of likely N-dealkylation sites (tertiary alicyclic amines) is 1. The lowest BCUT2D eigenvalue weighted by Gasteiger charge is -2.63. The second-order valence-electron chi connectivity index (χ2n) is 11.9. The first-order chi connectivity index (χ1) is 15.2.